The highest BCUT2D eigenvalue weighted by Crippen LogP contribution is 2.44. The van der Waals surface area contributed by atoms with Crippen molar-refractivity contribution in [2.45, 2.75) is 24.5 Å². The van der Waals surface area contributed by atoms with E-state index in [1.54, 1.807) is 0 Å². The lowest BCUT2D eigenvalue weighted by Gasteiger charge is -2.38. The van der Waals surface area contributed by atoms with E-state index >= 15 is 0 Å². The smallest absolute Gasteiger partial charge is 0.127 e. The molecule has 4 heteroatoms. The molecule has 1 aromatic rings. The molecule has 2 heterocycles. The topological polar surface area (TPSA) is 32.7 Å². The lowest BCUT2D eigenvalue weighted by molar-refractivity contribution is -0.00583. The Hall–Kier alpha value is -0.580. The van der Waals surface area contributed by atoms with Crippen LogP contribution in [0.2, 0.25) is 0 Å². The number of likely N-dealkylation sites (tertiary alicyclic amines) is 1. The predicted molar refractivity (Wildman–Crippen MR) is 69.2 cm³/mol. The molecule has 0 aromatic heterocycles. The monoisotopic (exact) mass is 297 g/mol. The summed E-state index contributed by atoms with van der Waals surface area (Å²) in [5, 5.41) is 10.3. The number of halogens is 1. The van der Waals surface area contributed by atoms with Crippen LogP contribution in [-0.2, 0) is 0 Å². The van der Waals surface area contributed by atoms with Gasteiger partial charge in [-0.3, -0.25) is 0 Å². The molecule has 0 radical (unpaired) electrons. The number of ether oxygens (including phenoxy) is 1. The summed E-state index contributed by atoms with van der Waals surface area (Å²) >= 11 is 3.45. The molecular weight excluding hydrogens is 282 g/mol. The molecule has 1 spiro atoms. The summed E-state index contributed by atoms with van der Waals surface area (Å²) in [6.45, 7) is 1.94. The van der Waals surface area contributed by atoms with Crippen molar-refractivity contribution in [3.63, 3.8) is 0 Å². The van der Waals surface area contributed by atoms with Crippen LogP contribution in [0.25, 0.3) is 0 Å². The number of hydrogen-bond donors (Lipinski definition) is 1. The quantitative estimate of drug-likeness (QED) is 0.798. The molecule has 0 aliphatic carbocycles. The molecule has 3 nitrogen and oxygen atoms in total. The van der Waals surface area contributed by atoms with Gasteiger partial charge in [0.15, 0.2) is 0 Å². The molecule has 0 bridgehead atoms. The maximum atomic E-state index is 10.3. The third-order valence-electron chi connectivity index (χ3n) is 3.73. The van der Waals surface area contributed by atoms with Gasteiger partial charge in [0.2, 0.25) is 0 Å². The molecule has 3 rings (SSSR count). The Bertz CT molecular complexity index is 451. The summed E-state index contributed by atoms with van der Waals surface area (Å²) in [5.74, 6) is 0.827. The van der Waals surface area contributed by atoms with E-state index in [4.69, 9.17) is 4.74 Å². The maximum absolute atomic E-state index is 10.3. The average Bonchev–Trinajstić information content (AvgIpc) is 2.58. The van der Waals surface area contributed by atoms with Crippen molar-refractivity contribution in [2.75, 3.05) is 20.1 Å². The first-order chi connectivity index (χ1) is 8.08. The average molecular weight is 298 g/mol. The normalized spacial score (nSPS) is 32.5. The van der Waals surface area contributed by atoms with Crippen LogP contribution in [0, 0.1) is 0 Å². The largest absolute Gasteiger partial charge is 0.485 e. The highest BCUT2D eigenvalue weighted by atomic mass is 79.9. The van der Waals surface area contributed by atoms with E-state index in [1.165, 1.54) is 0 Å². The fraction of sp³-hybridized carbons (Fsp3) is 0.538. The van der Waals surface area contributed by atoms with Crippen molar-refractivity contribution in [3.8, 4) is 5.75 Å². The lowest BCUT2D eigenvalue weighted by atomic mass is 9.88. The summed E-state index contributed by atoms with van der Waals surface area (Å²) in [4.78, 5) is 2.26. The van der Waals surface area contributed by atoms with Crippen molar-refractivity contribution in [3.05, 3.63) is 28.2 Å². The fourth-order valence-corrected chi connectivity index (χ4v) is 3.24. The highest BCUT2D eigenvalue weighted by molar-refractivity contribution is 9.10. The van der Waals surface area contributed by atoms with Gasteiger partial charge in [-0.1, -0.05) is 22.0 Å². The molecule has 0 saturated carbocycles. The van der Waals surface area contributed by atoms with Gasteiger partial charge in [0.1, 0.15) is 11.4 Å². The Morgan fingerprint density at radius 2 is 2.35 bits per heavy atom. The standard InChI is InChI=1S/C13H16BrNO2/c1-15-5-4-13(8-15)7-11(16)10-3-2-9(14)6-12(10)17-13/h2-3,6,11,16H,4-5,7-8H2,1H3/t11-,13?/m0/s1. The molecule has 2 atom stereocenters. The fourth-order valence-electron chi connectivity index (χ4n) is 2.90. The van der Waals surface area contributed by atoms with Gasteiger partial charge in [-0.2, -0.15) is 0 Å². The second-order valence-corrected chi connectivity index (χ2v) is 6.09. The summed E-state index contributed by atoms with van der Waals surface area (Å²) in [6, 6.07) is 5.84. The summed E-state index contributed by atoms with van der Waals surface area (Å²) in [7, 11) is 2.10. The summed E-state index contributed by atoms with van der Waals surface area (Å²) < 4.78 is 7.16. The van der Waals surface area contributed by atoms with Crippen LogP contribution in [0.3, 0.4) is 0 Å². The molecule has 92 valence electrons. The first-order valence-corrected chi connectivity index (χ1v) is 6.72. The van der Waals surface area contributed by atoms with Crippen LogP contribution in [0.5, 0.6) is 5.75 Å². The molecule has 1 unspecified atom stereocenters. The minimum absolute atomic E-state index is 0.192. The molecular formula is C13H16BrNO2. The van der Waals surface area contributed by atoms with Gasteiger partial charge in [0.25, 0.3) is 0 Å². The Balaban J connectivity index is 1.97. The Morgan fingerprint density at radius 1 is 1.53 bits per heavy atom. The predicted octanol–water partition coefficient (Wildman–Crippen LogP) is 2.34. The van der Waals surface area contributed by atoms with Gasteiger partial charge in [0, 0.05) is 36.0 Å². The molecule has 17 heavy (non-hydrogen) atoms. The van der Waals surface area contributed by atoms with Gasteiger partial charge in [-0.25, -0.2) is 0 Å². The van der Waals surface area contributed by atoms with Crippen LogP contribution in [0.15, 0.2) is 22.7 Å². The Labute approximate surface area is 110 Å². The van der Waals surface area contributed by atoms with Crippen molar-refractivity contribution in [2.24, 2.45) is 0 Å². The molecule has 1 aromatic carbocycles. The SMILES string of the molecule is CN1CCC2(C[C@H](O)c3ccc(Br)cc3O2)C1. The van der Waals surface area contributed by atoms with E-state index in [1.807, 2.05) is 18.2 Å². The molecule has 0 amide bonds. The molecule has 2 aliphatic heterocycles. The first-order valence-electron chi connectivity index (χ1n) is 5.93. The zero-order chi connectivity index (χ0) is 12.0. The summed E-state index contributed by atoms with van der Waals surface area (Å²) in [5.41, 5.74) is 0.718. The third kappa shape index (κ3) is 1.98. The van der Waals surface area contributed by atoms with Crippen LogP contribution >= 0.6 is 15.9 Å². The number of aliphatic hydroxyl groups excluding tert-OH is 1. The van der Waals surface area contributed by atoms with Gasteiger partial charge < -0.3 is 14.7 Å². The minimum Gasteiger partial charge on any atom is -0.485 e. The molecule has 2 aliphatic rings. The lowest BCUT2D eigenvalue weighted by Crippen LogP contribution is -2.43. The second kappa shape index (κ2) is 3.97. The van der Waals surface area contributed by atoms with Crippen LogP contribution in [0.4, 0.5) is 0 Å². The van der Waals surface area contributed by atoms with E-state index < -0.39 is 6.10 Å². The molecule has 1 saturated heterocycles. The van der Waals surface area contributed by atoms with Crippen LogP contribution < -0.4 is 4.74 Å². The zero-order valence-electron chi connectivity index (χ0n) is 9.82. The molecule has 1 fully saturated rings. The number of nitrogens with zero attached hydrogens (tertiary/aromatic N) is 1. The van der Waals surface area contributed by atoms with E-state index in [0.29, 0.717) is 6.42 Å². The van der Waals surface area contributed by atoms with Crippen molar-refractivity contribution in [1.82, 2.24) is 4.90 Å². The zero-order valence-corrected chi connectivity index (χ0v) is 11.4. The summed E-state index contributed by atoms with van der Waals surface area (Å²) in [6.07, 6.45) is 1.29. The van der Waals surface area contributed by atoms with Gasteiger partial charge in [-0.15, -0.1) is 0 Å². The van der Waals surface area contributed by atoms with Crippen molar-refractivity contribution in [1.29, 1.82) is 0 Å². The van der Waals surface area contributed by atoms with E-state index in [0.717, 1.165) is 35.3 Å². The van der Waals surface area contributed by atoms with Crippen molar-refractivity contribution < 1.29 is 9.84 Å². The third-order valence-corrected chi connectivity index (χ3v) is 4.23. The minimum atomic E-state index is -0.404. The first kappa shape index (κ1) is 11.5. The number of fused-ring (bicyclic) bond motifs is 1. The maximum Gasteiger partial charge on any atom is 0.127 e. The van der Waals surface area contributed by atoms with E-state index in [9.17, 15) is 5.11 Å². The molecule has 1 N–H and O–H groups in total. The van der Waals surface area contributed by atoms with Crippen LogP contribution in [-0.4, -0.2) is 35.7 Å². The number of rotatable bonds is 0. The Kier molecular flexibility index (Phi) is 2.69. The van der Waals surface area contributed by atoms with Crippen LogP contribution in [0.1, 0.15) is 24.5 Å². The van der Waals surface area contributed by atoms with Gasteiger partial charge in [-0.05, 0) is 19.2 Å². The number of likely N-dealkylation sites (N-methyl/N-ethyl adjacent to an activating group) is 1. The van der Waals surface area contributed by atoms with Gasteiger partial charge in [0.05, 0.1) is 6.10 Å². The van der Waals surface area contributed by atoms with Crippen molar-refractivity contribution >= 4 is 15.9 Å². The van der Waals surface area contributed by atoms with E-state index in [-0.39, 0.29) is 5.60 Å². The second-order valence-electron chi connectivity index (χ2n) is 5.17. The highest BCUT2D eigenvalue weighted by Gasteiger charge is 2.44. The Morgan fingerprint density at radius 3 is 3.06 bits per heavy atom. The van der Waals surface area contributed by atoms with Gasteiger partial charge >= 0.3 is 0 Å². The number of hydrogen-bond acceptors (Lipinski definition) is 3. The number of benzene rings is 1. The number of aliphatic hydroxyl groups is 1. The van der Waals surface area contributed by atoms with E-state index in [2.05, 4.69) is 27.9 Å².